The minimum Gasteiger partial charge on any atom is -0.478 e. The van der Waals surface area contributed by atoms with E-state index in [0.29, 0.717) is 0 Å². The van der Waals surface area contributed by atoms with Crippen molar-refractivity contribution in [2.24, 2.45) is 5.73 Å². The molecule has 0 rings (SSSR count). The molecule has 0 aliphatic rings. The smallest absolute Gasteiger partial charge is 0.330 e. The molecule has 0 saturated carbocycles. The third kappa shape index (κ3) is 3.65. The Morgan fingerprint density at radius 2 is 2.10 bits per heavy atom. The molecule has 0 aromatic heterocycles. The summed E-state index contributed by atoms with van der Waals surface area (Å²) in [7, 11) is 0. The molecule has 0 fully saturated rings. The first-order chi connectivity index (χ1) is 4.54. The molecule has 0 unspecified atom stereocenters. The molecule has 0 aromatic rings. The molecule has 0 radical (unpaired) electrons. The zero-order valence-corrected chi connectivity index (χ0v) is 5.63. The quantitative estimate of drug-likeness (QED) is 0.541. The lowest BCUT2D eigenvalue weighted by Gasteiger charge is -1.89. The van der Waals surface area contributed by atoms with Gasteiger partial charge >= 0.3 is 5.97 Å². The highest BCUT2D eigenvalue weighted by atomic mass is 16.4. The second-order valence-corrected chi connectivity index (χ2v) is 1.86. The molecule has 0 aromatic carbocycles. The summed E-state index contributed by atoms with van der Waals surface area (Å²) in [4.78, 5) is 20.2. The Labute approximate surface area is 58.3 Å². The predicted molar refractivity (Wildman–Crippen MR) is 35.2 cm³/mol. The third-order valence-corrected chi connectivity index (χ3v) is 0.947. The topological polar surface area (TPSA) is 80.4 Å². The van der Waals surface area contributed by atoms with Gasteiger partial charge in [0.15, 0.2) is 0 Å². The first-order valence-corrected chi connectivity index (χ1v) is 2.72. The van der Waals surface area contributed by atoms with Crippen LogP contribution in [0.1, 0.15) is 13.3 Å². The van der Waals surface area contributed by atoms with Crippen LogP contribution in [0.25, 0.3) is 0 Å². The van der Waals surface area contributed by atoms with E-state index in [-0.39, 0.29) is 12.0 Å². The monoisotopic (exact) mass is 143 g/mol. The molecule has 0 aliphatic carbocycles. The third-order valence-electron chi connectivity index (χ3n) is 0.947. The highest BCUT2D eigenvalue weighted by molar-refractivity contribution is 5.87. The van der Waals surface area contributed by atoms with Gasteiger partial charge in [-0.2, -0.15) is 0 Å². The van der Waals surface area contributed by atoms with Crippen molar-refractivity contribution in [2.75, 3.05) is 0 Å². The van der Waals surface area contributed by atoms with Gasteiger partial charge in [0.1, 0.15) is 0 Å². The molecule has 4 nitrogen and oxygen atoms in total. The van der Waals surface area contributed by atoms with Crippen molar-refractivity contribution in [3.05, 3.63) is 11.6 Å². The maximum atomic E-state index is 10.1. The van der Waals surface area contributed by atoms with Crippen molar-refractivity contribution < 1.29 is 14.7 Å². The Morgan fingerprint density at radius 1 is 1.60 bits per heavy atom. The standard InChI is InChI=1S/C6H9NO3/c1-4(6(9)10)2-3-5(7)8/h2H,3H2,1H3,(H2,7,8)(H,9,10). The van der Waals surface area contributed by atoms with Gasteiger partial charge in [0.25, 0.3) is 0 Å². The summed E-state index contributed by atoms with van der Waals surface area (Å²) < 4.78 is 0. The van der Waals surface area contributed by atoms with Crippen LogP contribution in [-0.2, 0) is 9.59 Å². The molecule has 1 amide bonds. The van der Waals surface area contributed by atoms with Crippen LogP contribution in [-0.4, -0.2) is 17.0 Å². The van der Waals surface area contributed by atoms with Gasteiger partial charge in [0, 0.05) is 12.0 Å². The fraction of sp³-hybridized carbons (Fsp3) is 0.333. The van der Waals surface area contributed by atoms with E-state index in [1.807, 2.05) is 0 Å². The molecule has 0 saturated heterocycles. The molecule has 3 N–H and O–H groups in total. The van der Waals surface area contributed by atoms with Crippen LogP contribution in [0.3, 0.4) is 0 Å². The summed E-state index contributed by atoms with van der Waals surface area (Å²) in [6.07, 6.45) is 1.27. The summed E-state index contributed by atoms with van der Waals surface area (Å²) in [6.45, 7) is 1.41. The van der Waals surface area contributed by atoms with Gasteiger partial charge in [-0.05, 0) is 6.92 Å². The number of hydrogen-bond acceptors (Lipinski definition) is 2. The Morgan fingerprint density at radius 3 is 2.40 bits per heavy atom. The number of carboxylic acids is 1. The highest BCUT2D eigenvalue weighted by Gasteiger charge is 1.98. The number of carbonyl (C=O) groups is 2. The number of carbonyl (C=O) groups excluding carboxylic acids is 1. The van der Waals surface area contributed by atoms with Crippen molar-refractivity contribution in [3.63, 3.8) is 0 Å². The van der Waals surface area contributed by atoms with Crippen LogP contribution in [0.4, 0.5) is 0 Å². The average Bonchev–Trinajstić information content (AvgIpc) is 1.82. The summed E-state index contributed by atoms with van der Waals surface area (Å²) in [5.41, 5.74) is 4.90. The first kappa shape index (κ1) is 8.68. The van der Waals surface area contributed by atoms with Crippen molar-refractivity contribution in [1.82, 2.24) is 0 Å². The summed E-state index contributed by atoms with van der Waals surface area (Å²) in [6, 6.07) is 0. The maximum Gasteiger partial charge on any atom is 0.330 e. The number of hydrogen-bond donors (Lipinski definition) is 2. The zero-order chi connectivity index (χ0) is 8.15. The fourth-order valence-electron chi connectivity index (χ4n) is 0.341. The molecule has 4 heteroatoms. The van der Waals surface area contributed by atoms with E-state index in [0.717, 1.165) is 0 Å². The van der Waals surface area contributed by atoms with E-state index in [9.17, 15) is 9.59 Å². The largest absolute Gasteiger partial charge is 0.478 e. The molecule has 0 aliphatic heterocycles. The van der Waals surface area contributed by atoms with Gasteiger partial charge in [-0.1, -0.05) is 6.08 Å². The Hall–Kier alpha value is -1.32. The van der Waals surface area contributed by atoms with Crippen molar-refractivity contribution in [2.45, 2.75) is 13.3 Å². The molecule has 0 atom stereocenters. The number of amides is 1. The lowest BCUT2D eigenvalue weighted by molar-refractivity contribution is -0.132. The molecular weight excluding hydrogens is 134 g/mol. The van der Waals surface area contributed by atoms with Crippen LogP contribution < -0.4 is 5.73 Å². The molecule has 56 valence electrons. The minimum atomic E-state index is -1.03. The van der Waals surface area contributed by atoms with Gasteiger partial charge in [-0.25, -0.2) is 4.79 Å². The maximum absolute atomic E-state index is 10.1. The lowest BCUT2D eigenvalue weighted by Crippen LogP contribution is -2.09. The summed E-state index contributed by atoms with van der Waals surface area (Å²) >= 11 is 0. The number of rotatable bonds is 3. The second kappa shape index (κ2) is 3.66. The van der Waals surface area contributed by atoms with E-state index in [4.69, 9.17) is 10.8 Å². The molecule has 0 heterocycles. The van der Waals surface area contributed by atoms with E-state index >= 15 is 0 Å². The molecule has 0 spiro atoms. The molecular formula is C6H9NO3. The van der Waals surface area contributed by atoms with Crippen LogP contribution in [0.15, 0.2) is 11.6 Å². The second-order valence-electron chi connectivity index (χ2n) is 1.86. The summed E-state index contributed by atoms with van der Waals surface area (Å²) in [5, 5.41) is 8.27. The van der Waals surface area contributed by atoms with E-state index in [2.05, 4.69) is 0 Å². The Balaban J connectivity index is 3.92. The fourth-order valence-corrected chi connectivity index (χ4v) is 0.341. The zero-order valence-electron chi connectivity index (χ0n) is 5.63. The van der Waals surface area contributed by atoms with Gasteiger partial charge in [-0.15, -0.1) is 0 Å². The number of aliphatic carboxylic acids is 1. The van der Waals surface area contributed by atoms with E-state index < -0.39 is 11.9 Å². The normalized spacial score (nSPS) is 11.1. The van der Waals surface area contributed by atoms with E-state index in [1.165, 1.54) is 13.0 Å². The van der Waals surface area contributed by atoms with Crippen LogP contribution in [0, 0.1) is 0 Å². The van der Waals surface area contributed by atoms with Crippen molar-refractivity contribution in [1.29, 1.82) is 0 Å². The minimum absolute atomic E-state index is 0.0157. The average molecular weight is 143 g/mol. The molecule has 0 bridgehead atoms. The van der Waals surface area contributed by atoms with Gasteiger partial charge < -0.3 is 10.8 Å². The van der Waals surface area contributed by atoms with Gasteiger partial charge in [0.2, 0.25) is 5.91 Å². The highest BCUT2D eigenvalue weighted by Crippen LogP contribution is 1.93. The number of carboxylic acid groups (broad SMARTS) is 1. The molecule has 10 heavy (non-hydrogen) atoms. The SMILES string of the molecule is CC(=CCC(N)=O)C(=O)O. The Bertz CT molecular complexity index is 183. The number of nitrogens with two attached hydrogens (primary N) is 1. The van der Waals surface area contributed by atoms with Crippen LogP contribution in [0.2, 0.25) is 0 Å². The van der Waals surface area contributed by atoms with Crippen molar-refractivity contribution in [3.8, 4) is 0 Å². The first-order valence-electron chi connectivity index (χ1n) is 2.72. The van der Waals surface area contributed by atoms with Gasteiger partial charge in [0.05, 0.1) is 0 Å². The van der Waals surface area contributed by atoms with Gasteiger partial charge in [-0.3, -0.25) is 4.79 Å². The van der Waals surface area contributed by atoms with Crippen molar-refractivity contribution >= 4 is 11.9 Å². The number of primary amides is 1. The van der Waals surface area contributed by atoms with E-state index in [1.54, 1.807) is 0 Å². The summed E-state index contributed by atoms with van der Waals surface area (Å²) in [5.74, 6) is -1.55. The lowest BCUT2D eigenvalue weighted by atomic mass is 10.2. The predicted octanol–water partition coefficient (Wildman–Crippen LogP) is -0.107. The Kier molecular flexibility index (Phi) is 3.17. The van der Waals surface area contributed by atoms with Crippen LogP contribution >= 0.6 is 0 Å². The van der Waals surface area contributed by atoms with Crippen LogP contribution in [0.5, 0.6) is 0 Å².